The van der Waals surface area contributed by atoms with E-state index in [2.05, 4.69) is 15.5 Å². The summed E-state index contributed by atoms with van der Waals surface area (Å²) in [4.78, 5) is 31.6. The van der Waals surface area contributed by atoms with Gasteiger partial charge in [0.05, 0.1) is 5.69 Å². The average molecular weight is 388 g/mol. The van der Waals surface area contributed by atoms with Crippen molar-refractivity contribution in [2.24, 2.45) is 0 Å². The highest BCUT2D eigenvalue weighted by Crippen LogP contribution is 2.20. The van der Waals surface area contributed by atoms with Crippen LogP contribution in [0.2, 0.25) is 0 Å². The molecule has 0 aliphatic heterocycles. The second-order valence-corrected chi connectivity index (χ2v) is 5.37. The topological polar surface area (TPSA) is 112 Å². The SMILES string of the molecule is O=C(NCc1c2c(n[nH]c1=O)CCCC2)C(F)Cl.O=C(O)C(F)(F)F. The van der Waals surface area contributed by atoms with Crippen molar-refractivity contribution in [1.82, 2.24) is 15.5 Å². The number of carboxylic acid groups (broad SMARTS) is 1. The van der Waals surface area contributed by atoms with Crippen molar-refractivity contribution in [2.45, 2.75) is 44.0 Å². The standard InChI is InChI=1S/C11H13ClFN3O2.C2HF3O2/c12-9(13)11(18)14-5-7-6-3-1-2-4-8(6)15-16-10(7)17;3-2(4,5)1(6)7/h9H,1-5H2,(H,14,18)(H,16,17);(H,6,7). The molecule has 140 valence electrons. The van der Waals surface area contributed by atoms with Crippen LogP contribution >= 0.6 is 11.6 Å². The number of aromatic nitrogens is 2. The van der Waals surface area contributed by atoms with Crippen LogP contribution in [-0.2, 0) is 29.0 Å². The average Bonchev–Trinajstić information content (AvgIpc) is 2.53. The molecule has 1 aromatic rings. The fraction of sp³-hybridized carbons (Fsp3) is 0.538. The number of nitrogens with zero attached hydrogens (tertiary/aromatic N) is 1. The number of alkyl halides is 5. The van der Waals surface area contributed by atoms with E-state index >= 15 is 0 Å². The number of fused-ring (bicyclic) bond motifs is 1. The lowest BCUT2D eigenvalue weighted by molar-refractivity contribution is -0.192. The van der Waals surface area contributed by atoms with E-state index in [1.54, 1.807) is 0 Å². The summed E-state index contributed by atoms with van der Waals surface area (Å²) in [6.07, 6.45) is -1.49. The Morgan fingerprint density at radius 2 is 1.88 bits per heavy atom. The summed E-state index contributed by atoms with van der Waals surface area (Å²) >= 11 is 5.00. The third kappa shape index (κ3) is 6.33. The molecule has 3 N–H and O–H groups in total. The Balaban J connectivity index is 0.000000381. The predicted octanol–water partition coefficient (Wildman–Crippen LogP) is 1.43. The highest BCUT2D eigenvalue weighted by atomic mass is 35.5. The number of carboxylic acids is 1. The molecule has 0 fully saturated rings. The second-order valence-electron chi connectivity index (χ2n) is 4.99. The van der Waals surface area contributed by atoms with Crippen LogP contribution in [0.4, 0.5) is 17.6 Å². The zero-order chi connectivity index (χ0) is 19.2. The van der Waals surface area contributed by atoms with Gasteiger partial charge in [0.1, 0.15) is 0 Å². The molecular formula is C13H14ClF4N3O4. The van der Waals surface area contributed by atoms with Gasteiger partial charge in [-0.1, -0.05) is 11.6 Å². The van der Waals surface area contributed by atoms with E-state index in [9.17, 15) is 27.2 Å². The van der Waals surface area contributed by atoms with Gasteiger partial charge < -0.3 is 10.4 Å². The molecule has 25 heavy (non-hydrogen) atoms. The van der Waals surface area contributed by atoms with Crippen LogP contribution in [0.25, 0.3) is 0 Å². The van der Waals surface area contributed by atoms with Crippen LogP contribution in [0.15, 0.2) is 4.79 Å². The Kier molecular flexibility index (Phi) is 7.34. The molecule has 2 rings (SSSR count). The number of rotatable bonds is 3. The van der Waals surface area contributed by atoms with E-state index in [-0.39, 0.29) is 12.1 Å². The zero-order valence-electron chi connectivity index (χ0n) is 12.6. The van der Waals surface area contributed by atoms with Crippen LogP contribution in [0, 0.1) is 0 Å². The molecule has 1 aliphatic carbocycles. The molecule has 7 nitrogen and oxygen atoms in total. The number of hydrogen-bond acceptors (Lipinski definition) is 4. The van der Waals surface area contributed by atoms with Crippen molar-refractivity contribution in [2.75, 3.05) is 0 Å². The third-order valence-corrected chi connectivity index (χ3v) is 3.45. The molecule has 0 saturated heterocycles. The lowest BCUT2D eigenvalue weighted by Crippen LogP contribution is -2.33. The first kappa shape index (κ1) is 20.9. The molecule has 1 aromatic heterocycles. The van der Waals surface area contributed by atoms with E-state index in [0.29, 0.717) is 5.56 Å². The van der Waals surface area contributed by atoms with Crippen molar-refractivity contribution in [3.63, 3.8) is 0 Å². The maximum absolute atomic E-state index is 12.5. The number of nitrogens with one attached hydrogen (secondary N) is 2. The van der Waals surface area contributed by atoms with Crippen LogP contribution in [0.5, 0.6) is 0 Å². The number of aromatic amines is 1. The van der Waals surface area contributed by atoms with Gasteiger partial charge in [0.15, 0.2) is 0 Å². The fourth-order valence-electron chi connectivity index (χ4n) is 2.10. The van der Waals surface area contributed by atoms with Gasteiger partial charge in [-0.05, 0) is 31.2 Å². The monoisotopic (exact) mass is 387 g/mol. The lowest BCUT2D eigenvalue weighted by Gasteiger charge is -2.17. The minimum atomic E-state index is -5.08. The Morgan fingerprint density at radius 1 is 1.32 bits per heavy atom. The van der Waals surface area contributed by atoms with Crippen LogP contribution in [0.3, 0.4) is 0 Å². The molecule has 12 heteroatoms. The number of halogens is 5. The fourth-order valence-corrected chi connectivity index (χ4v) is 2.18. The van der Waals surface area contributed by atoms with E-state index < -0.39 is 23.7 Å². The normalized spacial score (nSPS) is 14.6. The Bertz CT molecular complexity index is 691. The summed E-state index contributed by atoms with van der Waals surface area (Å²) in [6, 6.07) is 0. The zero-order valence-corrected chi connectivity index (χ0v) is 13.4. The van der Waals surface area contributed by atoms with Gasteiger partial charge in [-0.2, -0.15) is 18.3 Å². The number of carbonyl (C=O) groups is 2. The summed E-state index contributed by atoms with van der Waals surface area (Å²) in [5, 5.41) is 15.8. The molecule has 0 aromatic carbocycles. The predicted molar refractivity (Wildman–Crippen MR) is 77.8 cm³/mol. The lowest BCUT2D eigenvalue weighted by atomic mass is 9.93. The molecule has 0 radical (unpaired) electrons. The number of amides is 1. The summed E-state index contributed by atoms with van der Waals surface area (Å²) in [5.74, 6) is -3.69. The molecule has 0 spiro atoms. The maximum atomic E-state index is 12.5. The Morgan fingerprint density at radius 3 is 2.40 bits per heavy atom. The number of aryl methyl sites for hydroxylation is 1. The summed E-state index contributed by atoms with van der Waals surface area (Å²) in [7, 11) is 0. The van der Waals surface area contributed by atoms with Crippen LogP contribution < -0.4 is 10.9 Å². The number of hydrogen-bond donors (Lipinski definition) is 3. The minimum absolute atomic E-state index is 0.0217. The summed E-state index contributed by atoms with van der Waals surface area (Å²) < 4.78 is 44.2. The molecule has 1 atom stereocenters. The van der Waals surface area contributed by atoms with Gasteiger partial charge in [-0.25, -0.2) is 14.3 Å². The first-order valence-electron chi connectivity index (χ1n) is 6.99. The van der Waals surface area contributed by atoms with E-state index in [1.165, 1.54) is 0 Å². The van der Waals surface area contributed by atoms with Crippen molar-refractivity contribution in [3.8, 4) is 0 Å². The largest absolute Gasteiger partial charge is 0.490 e. The highest BCUT2D eigenvalue weighted by molar-refractivity contribution is 6.29. The number of H-pyrrole nitrogens is 1. The third-order valence-electron chi connectivity index (χ3n) is 3.25. The Hall–Kier alpha value is -2.17. The van der Waals surface area contributed by atoms with Gasteiger partial charge in [0.25, 0.3) is 17.1 Å². The van der Waals surface area contributed by atoms with Crippen molar-refractivity contribution in [3.05, 3.63) is 27.2 Å². The molecule has 1 aliphatic rings. The maximum Gasteiger partial charge on any atom is 0.490 e. The highest BCUT2D eigenvalue weighted by Gasteiger charge is 2.38. The molecular weight excluding hydrogens is 374 g/mol. The van der Waals surface area contributed by atoms with Gasteiger partial charge >= 0.3 is 12.1 Å². The Labute approximate surface area is 143 Å². The van der Waals surface area contributed by atoms with Gasteiger partial charge in [0.2, 0.25) is 0 Å². The second kappa shape index (κ2) is 8.79. The van der Waals surface area contributed by atoms with E-state index in [0.717, 1.165) is 36.9 Å². The minimum Gasteiger partial charge on any atom is -0.475 e. The first-order valence-corrected chi connectivity index (χ1v) is 7.43. The van der Waals surface area contributed by atoms with Crippen LogP contribution in [-0.4, -0.2) is 39.0 Å². The van der Waals surface area contributed by atoms with Gasteiger partial charge in [-0.3, -0.25) is 9.59 Å². The van der Waals surface area contributed by atoms with E-state index in [1.807, 2.05) is 0 Å². The molecule has 1 amide bonds. The quantitative estimate of drug-likeness (QED) is 0.536. The van der Waals surface area contributed by atoms with Gasteiger partial charge in [0, 0.05) is 12.1 Å². The van der Waals surface area contributed by atoms with Crippen molar-refractivity contribution >= 4 is 23.5 Å². The smallest absolute Gasteiger partial charge is 0.475 e. The summed E-state index contributed by atoms with van der Waals surface area (Å²) in [5.41, 5.74) is -0.268. The van der Waals surface area contributed by atoms with E-state index in [4.69, 9.17) is 21.5 Å². The van der Waals surface area contributed by atoms with Crippen LogP contribution in [0.1, 0.15) is 29.7 Å². The number of carbonyl (C=O) groups excluding carboxylic acids is 1. The first-order chi connectivity index (χ1) is 11.5. The number of aliphatic carboxylic acids is 1. The molecule has 0 saturated carbocycles. The van der Waals surface area contributed by atoms with Crippen molar-refractivity contribution in [1.29, 1.82) is 0 Å². The van der Waals surface area contributed by atoms with Crippen molar-refractivity contribution < 1.29 is 32.3 Å². The van der Waals surface area contributed by atoms with Gasteiger partial charge in [-0.15, -0.1) is 0 Å². The molecule has 1 heterocycles. The summed E-state index contributed by atoms with van der Waals surface area (Å²) in [6.45, 7) is -0.0217. The molecule has 0 bridgehead atoms. The molecule has 1 unspecified atom stereocenters.